The summed E-state index contributed by atoms with van der Waals surface area (Å²) in [5.41, 5.74) is 10.7. The summed E-state index contributed by atoms with van der Waals surface area (Å²) >= 11 is 3.81. The van der Waals surface area contributed by atoms with Crippen LogP contribution >= 0.6 is 23.5 Å². The number of hydrogen-bond acceptors (Lipinski definition) is 4. The number of rotatable bonds is 3. The lowest BCUT2D eigenvalue weighted by molar-refractivity contribution is 0.349. The molecule has 2 fully saturated rings. The van der Waals surface area contributed by atoms with Crippen molar-refractivity contribution in [2.45, 2.75) is 87.7 Å². The fourth-order valence-electron chi connectivity index (χ4n) is 3.91. The Hall–Kier alpha value is -1.10. The highest BCUT2D eigenvalue weighted by atomic mass is 32.2. The van der Waals surface area contributed by atoms with Gasteiger partial charge >= 0.3 is 0 Å². The molecule has 0 aliphatic heterocycles. The van der Waals surface area contributed by atoms with E-state index in [-0.39, 0.29) is 0 Å². The molecule has 2 saturated carbocycles. The van der Waals surface area contributed by atoms with Crippen molar-refractivity contribution < 1.29 is 0 Å². The smallest absolute Gasteiger partial charge is 0.0313 e. The molecule has 2 aliphatic carbocycles. The third kappa shape index (κ3) is 19.0. The largest absolute Gasteiger partial charge is 0.399 e. The molecule has 0 spiro atoms. The zero-order chi connectivity index (χ0) is 24.6. The molecule has 0 heterocycles. The van der Waals surface area contributed by atoms with Crippen molar-refractivity contribution >= 4 is 29.2 Å². The van der Waals surface area contributed by atoms with Gasteiger partial charge in [-0.2, -0.15) is 11.8 Å². The van der Waals surface area contributed by atoms with Crippen LogP contribution in [0.4, 0.5) is 5.69 Å². The van der Waals surface area contributed by atoms with Gasteiger partial charge in [-0.1, -0.05) is 101 Å². The Morgan fingerprint density at radius 2 is 1.15 bits per heavy atom. The number of nitrogen functional groups attached to an aromatic ring is 1. The molecule has 2 aliphatic rings. The van der Waals surface area contributed by atoms with Crippen LogP contribution in [0, 0.1) is 5.92 Å². The third-order valence-corrected chi connectivity index (χ3v) is 7.85. The van der Waals surface area contributed by atoms with Crippen molar-refractivity contribution in [3.05, 3.63) is 60.7 Å². The molecular formula is C29H50N2S2. The second-order valence-electron chi connectivity index (χ2n) is 8.34. The lowest BCUT2D eigenvalue weighted by Crippen LogP contribution is -2.06. The molecule has 0 unspecified atom stereocenters. The summed E-state index contributed by atoms with van der Waals surface area (Å²) < 4.78 is 0. The van der Waals surface area contributed by atoms with Crippen LogP contribution in [-0.2, 0) is 0 Å². The quantitative estimate of drug-likeness (QED) is 0.333. The zero-order valence-corrected chi connectivity index (χ0v) is 23.3. The fourth-order valence-corrected chi connectivity index (χ4v) is 5.14. The first-order chi connectivity index (χ1) is 16.2. The average Bonchev–Trinajstić information content (AvgIpc) is 2.93. The molecule has 4 rings (SSSR count). The maximum Gasteiger partial charge on any atom is 0.0313 e. The van der Waals surface area contributed by atoms with Gasteiger partial charge in [0.25, 0.3) is 0 Å². The second kappa shape index (κ2) is 24.0. The van der Waals surface area contributed by atoms with Gasteiger partial charge in [-0.25, -0.2) is 0 Å². The molecule has 0 amide bonds. The van der Waals surface area contributed by atoms with Gasteiger partial charge in [-0.05, 0) is 62.6 Å². The van der Waals surface area contributed by atoms with Gasteiger partial charge in [0.2, 0.25) is 0 Å². The molecular weight excluding hydrogens is 440 g/mol. The van der Waals surface area contributed by atoms with E-state index in [1.165, 1.54) is 82.6 Å². The summed E-state index contributed by atoms with van der Waals surface area (Å²) in [7, 11) is 1.50. The van der Waals surface area contributed by atoms with Crippen molar-refractivity contribution in [1.29, 1.82) is 0 Å². The normalized spacial score (nSPS) is 15.7. The van der Waals surface area contributed by atoms with Crippen LogP contribution in [0.25, 0.3) is 0 Å². The number of nitrogens with two attached hydrogens (primary N) is 2. The second-order valence-corrected chi connectivity index (χ2v) is 10.4. The fraction of sp³-hybridized carbons (Fsp3) is 0.586. The van der Waals surface area contributed by atoms with Crippen LogP contribution in [0.15, 0.2) is 65.6 Å². The maximum absolute atomic E-state index is 5.36. The predicted molar refractivity (Wildman–Crippen MR) is 156 cm³/mol. The Kier molecular flexibility index (Phi) is 23.2. The van der Waals surface area contributed by atoms with Crippen molar-refractivity contribution in [3.63, 3.8) is 0 Å². The number of anilines is 1. The Balaban J connectivity index is 0.000000404. The van der Waals surface area contributed by atoms with Crippen LogP contribution in [-0.4, -0.2) is 24.8 Å². The van der Waals surface area contributed by atoms with E-state index in [0.29, 0.717) is 0 Å². The summed E-state index contributed by atoms with van der Waals surface area (Å²) in [6.45, 7) is 2.32. The molecule has 0 aromatic heterocycles. The molecule has 33 heavy (non-hydrogen) atoms. The Morgan fingerprint density at radius 3 is 1.42 bits per heavy atom. The summed E-state index contributed by atoms with van der Waals surface area (Å²) in [5.74, 6) is 1.09. The first kappa shape index (κ1) is 31.9. The summed E-state index contributed by atoms with van der Waals surface area (Å²) in [6.07, 6.45) is 20.6. The van der Waals surface area contributed by atoms with Crippen LogP contribution in [0.1, 0.15) is 77.6 Å². The predicted octanol–water partition coefficient (Wildman–Crippen LogP) is 8.91. The highest BCUT2D eigenvalue weighted by molar-refractivity contribution is 7.99. The van der Waals surface area contributed by atoms with Crippen molar-refractivity contribution in [1.82, 2.24) is 0 Å². The van der Waals surface area contributed by atoms with Gasteiger partial charge in [0.1, 0.15) is 0 Å². The van der Waals surface area contributed by atoms with Crippen molar-refractivity contribution in [2.24, 2.45) is 11.7 Å². The average molecular weight is 491 g/mol. The van der Waals surface area contributed by atoms with E-state index >= 15 is 0 Å². The summed E-state index contributed by atoms with van der Waals surface area (Å²) in [5, 5.41) is 1.00. The molecule has 4 heteroatoms. The topological polar surface area (TPSA) is 52.0 Å². The standard InChI is InChI=1S/C8H16.C7H14S.C7H8S.C6H7N.CH5N/c1-2-8-6-4-3-5-7-8;2*1-8-7-5-3-2-4-6-7;7-6-4-2-1-3-5-6;1-2/h8H,2-7H2,1H3;7H,2-6H2,1H3;2-6H,1H3;1-5H,7H2;2H2,1H3. The number of para-hydroxylation sites is 1. The van der Waals surface area contributed by atoms with E-state index in [0.717, 1.165) is 16.9 Å². The molecule has 188 valence electrons. The molecule has 0 atom stereocenters. The minimum absolute atomic E-state index is 0.822. The van der Waals surface area contributed by atoms with E-state index in [9.17, 15) is 0 Å². The molecule has 2 aromatic carbocycles. The highest BCUT2D eigenvalue weighted by Crippen LogP contribution is 2.26. The van der Waals surface area contributed by atoms with Crippen molar-refractivity contribution in [3.8, 4) is 0 Å². The van der Waals surface area contributed by atoms with Crippen LogP contribution in [0.5, 0.6) is 0 Å². The lowest BCUT2D eigenvalue weighted by atomic mass is 9.88. The maximum atomic E-state index is 5.36. The van der Waals surface area contributed by atoms with E-state index < -0.39 is 0 Å². The molecule has 0 saturated heterocycles. The van der Waals surface area contributed by atoms with Gasteiger partial charge in [-0.15, -0.1) is 11.8 Å². The van der Waals surface area contributed by atoms with Crippen LogP contribution < -0.4 is 11.5 Å². The van der Waals surface area contributed by atoms with Gasteiger partial charge < -0.3 is 11.5 Å². The minimum atomic E-state index is 0.822. The van der Waals surface area contributed by atoms with E-state index in [2.05, 4.69) is 37.3 Å². The monoisotopic (exact) mass is 490 g/mol. The summed E-state index contributed by atoms with van der Waals surface area (Å²) in [4.78, 5) is 1.33. The van der Waals surface area contributed by atoms with E-state index in [4.69, 9.17) is 5.73 Å². The molecule has 0 radical (unpaired) electrons. The first-order valence-electron chi connectivity index (χ1n) is 12.7. The number of hydrogen-bond donors (Lipinski definition) is 2. The Bertz CT molecular complexity index is 592. The molecule has 0 bridgehead atoms. The van der Waals surface area contributed by atoms with Gasteiger partial charge in [0, 0.05) is 15.8 Å². The number of thioether (sulfide) groups is 2. The highest BCUT2D eigenvalue weighted by Gasteiger charge is 2.10. The van der Waals surface area contributed by atoms with Gasteiger partial charge in [0.15, 0.2) is 0 Å². The Morgan fingerprint density at radius 1 is 0.697 bits per heavy atom. The zero-order valence-electron chi connectivity index (χ0n) is 21.7. The number of benzene rings is 2. The molecule has 2 aromatic rings. The summed E-state index contributed by atoms with van der Waals surface area (Å²) in [6, 6.07) is 19.8. The first-order valence-corrected chi connectivity index (χ1v) is 15.2. The third-order valence-electron chi connectivity index (χ3n) is 5.97. The Labute approximate surface area is 214 Å². The molecule has 4 N–H and O–H groups in total. The SMILES string of the molecule is CCC1CCCCC1.CN.CSC1CCCCC1.CSc1ccccc1.Nc1ccccc1. The van der Waals surface area contributed by atoms with Crippen molar-refractivity contribution in [2.75, 3.05) is 25.3 Å². The minimum Gasteiger partial charge on any atom is -0.399 e. The van der Waals surface area contributed by atoms with Crippen LogP contribution in [0.3, 0.4) is 0 Å². The van der Waals surface area contributed by atoms with E-state index in [1.54, 1.807) is 11.8 Å². The van der Waals surface area contributed by atoms with Gasteiger partial charge in [-0.3, -0.25) is 0 Å². The van der Waals surface area contributed by atoms with Gasteiger partial charge in [0.05, 0.1) is 0 Å². The van der Waals surface area contributed by atoms with E-state index in [1.807, 2.05) is 60.3 Å². The van der Waals surface area contributed by atoms with Crippen LogP contribution in [0.2, 0.25) is 0 Å². The lowest BCUT2D eigenvalue weighted by Gasteiger charge is -2.18. The molecule has 2 nitrogen and oxygen atoms in total.